The highest BCUT2D eigenvalue weighted by atomic mass is 16.4. The van der Waals surface area contributed by atoms with E-state index in [1.54, 1.807) is 6.33 Å². The Morgan fingerprint density at radius 2 is 2.25 bits per heavy atom. The third kappa shape index (κ3) is 3.64. The van der Waals surface area contributed by atoms with Gasteiger partial charge in [0.2, 0.25) is 0 Å². The summed E-state index contributed by atoms with van der Waals surface area (Å²) in [6.07, 6.45) is 3.51. The Bertz CT molecular complexity index is 358. The minimum absolute atomic E-state index is 0.145. The van der Waals surface area contributed by atoms with Gasteiger partial charge in [0.15, 0.2) is 0 Å². The van der Waals surface area contributed by atoms with Gasteiger partial charge in [0, 0.05) is 13.0 Å². The minimum atomic E-state index is -0.772. The second-order valence-corrected chi connectivity index (χ2v) is 4.85. The van der Waals surface area contributed by atoms with Crippen LogP contribution in [0.4, 0.5) is 0 Å². The molecular formula is C11H19N3O2. The molecule has 5 heteroatoms. The predicted octanol–water partition coefficient (Wildman–Crippen LogP) is 1.73. The molecule has 0 aliphatic carbocycles. The van der Waals surface area contributed by atoms with E-state index in [0.717, 1.165) is 18.8 Å². The van der Waals surface area contributed by atoms with E-state index in [0.29, 0.717) is 6.42 Å². The van der Waals surface area contributed by atoms with Crippen molar-refractivity contribution in [3.63, 3.8) is 0 Å². The molecule has 5 nitrogen and oxygen atoms in total. The molecule has 0 saturated carbocycles. The van der Waals surface area contributed by atoms with Crippen LogP contribution in [0, 0.1) is 5.41 Å². The summed E-state index contributed by atoms with van der Waals surface area (Å²) in [4.78, 5) is 10.7. The second kappa shape index (κ2) is 5.09. The van der Waals surface area contributed by atoms with Crippen LogP contribution in [0.2, 0.25) is 0 Å². The zero-order valence-electron chi connectivity index (χ0n) is 10.1. The van der Waals surface area contributed by atoms with Crippen LogP contribution in [0.5, 0.6) is 0 Å². The normalized spacial score (nSPS) is 11.7. The van der Waals surface area contributed by atoms with Crippen molar-refractivity contribution in [2.45, 2.75) is 46.6 Å². The first kappa shape index (κ1) is 12.7. The monoisotopic (exact) mass is 225 g/mol. The topological polar surface area (TPSA) is 68.0 Å². The Kier molecular flexibility index (Phi) is 4.04. The maximum absolute atomic E-state index is 10.7. The van der Waals surface area contributed by atoms with Gasteiger partial charge in [0.05, 0.1) is 6.42 Å². The molecule has 0 bridgehead atoms. The van der Waals surface area contributed by atoms with Gasteiger partial charge in [-0.2, -0.15) is 0 Å². The van der Waals surface area contributed by atoms with E-state index < -0.39 is 5.97 Å². The highest BCUT2D eigenvalue weighted by molar-refractivity contribution is 5.67. The number of aromatic nitrogens is 3. The van der Waals surface area contributed by atoms with E-state index in [1.807, 2.05) is 18.4 Å². The molecule has 0 aromatic carbocycles. The van der Waals surface area contributed by atoms with Crippen LogP contribution in [-0.4, -0.2) is 25.8 Å². The lowest BCUT2D eigenvalue weighted by Crippen LogP contribution is -2.22. The number of nitrogens with zero attached hydrogens (tertiary/aromatic N) is 3. The number of carboxylic acids is 1. The largest absolute Gasteiger partial charge is 0.481 e. The molecule has 1 aromatic rings. The Morgan fingerprint density at radius 1 is 1.56 bits per heavy atom. The fourth-order valence-electron chi connectivity index (χ4n) is 1.74. The second-order valence-electron chi connectivity index (χ2n) is 4.85. The Balaban J connectivity index is 2.71. The summed E-state index contributed by atoms with van der Waals surface area (Å²) in [6, 6.07) is 0. The molecule has 1 N–H and O–H groups in total. The van der Waals surface area contributed by atoms with Gasteiger partial charge in [-0.1, -0.05) is 20.8 Å². The van der Waals surface area contributed by atoms with E-state index in [9.17, 15) is 4.79 Å². The molecular weight excluding hydrogens is 206 g/mol. The molecule has 0 amide bonds. The van der Waals surface area contributed by atoms with Crippen molar-refractivity contribution < 1.29 is 9.90 Å². The van der Waals surface area contributed by atoms with Gasteiger partial charge in [-0.3, -0.25) is 4.79 Å². The van der Waals surface area contributed by atoms with E-state index in [1.165, 1.54) is 0 Å². The fourth-order valence-corrected chi connectivity index (χ4v) is 1.74. The summed E-state index contributed by atoms with van der Waals surface area (Å²) in [5, 5.41) is 16.7. The summed E-state index contributed by atoms with van der Waals surface area (Å²) < 4.78 is 1.99. The number of aryl methyl sites for hydroxylation is 1. The lowest BCUT2D eigenvalue weighted by atomic mass is 9.85. The van der Waals surface area contributed by atoms with Crippen molar-refractivity contribution in [2.24, 2.45) is 5.41 Å². The number of aliphatic carboxylic acids is 1. The van der Waals surface area contributed by atoms with Crippen LogP contribution in [0.15, 0.2) is 6.33 Å². The maximum atomic E-state index is 10.7. The lowest BCUT2D eigenvalue weighted by Gasteiger charge is -2.21. The molecule has 0 aliphatic rings. The average molecular weight is 225 g/mol. The zero-order valence-corrected chi connectivity index (χ0v) is 10.1. The van der Waals surface area contributed by atoms with Crippen molar-refractivity contribution in [1.82, 2.24) is 14.8 Å². The molecule has 0 fully saturated rings. The van der Waals surface area contributed by atoms with Crippen molar-refractivity contribution in [1.29, 1.82) is 0 Å². The molecule has 1 rings (SSSR count). The number of rotatable bonds is 6. The first-order valence-electron chi connectivity index (χ1n) is 5.53. The van der Waals surface area contributed by atoms with Gasteiger partial charge < -0.3 is 9.67 Å². The Labute approximate surface area is 95.5 Å². The van der Waals surface area contributed by atoms with Crippen molar-refractivity contribution in [3.05, 3.63) is 12.2 Å². The third-order valence-corrected chi connectivity index (χ3v) is 2.43. The number of hydrogen-bond donors (Lipinski definition) is 1. The van der Waals surface area contributed by atoms with Crippen LogP contribution in [0.25, 0.3) is 0 Å². The molecule has 0 unspecified atom stereocenters. The van der Waals surface area contributed by atoms with Crippen molar-refractivity contribution in [3.8, 4) is 0 Å². The van der Waals surface area contributed by atoms with Gasteiger partial charge in [-0.15, -0.1) is 10.2 Å². The average Bonchev–Trinajstić information content (AvgIpc) is 2.50. The minimum Gasteiger partial charge on any atom is -0.481 e. The van der Waals surface area contributed by atoms with Crippen LogP contribution in [0.1, 0.15) is 39.4 Å². The first-order chi connectivity index (χ1) is 7.44. The molecule has 90 valence electrons. The number of hydrogen-bond acceptors (Lipinski definition) is 3. The van der Waals surface area contributed by atoms with Gasteiger partial charge in [0.1, 0.15) is 12.2 Å². The molecule has 16 heavy (non-hydrogen) atoms. The van der Waals surface area contributed by atoms with Gasteiger partial charge >= 0.3 is 5.97 Å². The Morgan fingerprint density at radius 3 is 2.81 bits per heavy atom. The number of carbonyl (C=O) groups is 1. The molecule has 0 atom stereocenters. The van der Waals surface area contributed by atoms with Crippen LogP contribution >= 0.6 is 0 Å². The Hall–Kier alpha value is -1.39. The van der Waals surface area contributed by atoms with Crippen molar-refractivity contribution >= 4 is 5.97 Å². The van der Waals surface area contributed by atoms with Gasteiger partial charge in [-0.25, -0.2) is 0 Å². The van der Waals surface area contributed by atoms with Gasteiger partial charge in [-0.05, 0) is 11.8 Å². The quantitative estimate of drug-likeness (QED) is 0.800. The van der Waals surface area contributed by atoms with Gasteiger partial charge in [0.25, 0.3) is 0 Å². The molecule has 1 aromatic heterocycles. The lowest BCUT2D eigenvalue weighted by molar-refractivity contribution is -0.139. The van der Waals surface area contributed by atoms with Crippen LogP contribution in [-0.2, 0) is 17.8 Å². The maximum Gasteiger partial charge on any atom is 0.303 e. The van der Waals surface area contributed by atoms with E-state index in [2.05, 4.69) is 17.1 Å². The summed E-state index contributed by atoms with van der Waals surface area (Å²) in [5.74, 6) is 0.0969. The third-order valence-electron chi connectivity index (χ3n) is 2.43. The van der Waals surface area contributed by atoms with Crippen LogP contribution in [0.3, 0.4) is 0 Å². The van der Waals surface area contributed by atoms with Crippen LogP contribution < -0.4 is 0 Å². The smallest absolute Gasteiger partial charge is 0.303 e. The van der Waals surface area contributed by atoms with Crippen molar-refractivity contribution in [2.75, 3.05) is 0 Å². The highest BCUT2D eigenvalue weighted by Gasteiger charge is 2.24. The molecule has 0 saturated heterocycles. The zero-order chi connectivity index (χ0) is 12.2. The van der Waals surface area contributed by atoms with E-state index in [4.69, 9.17) is 5.11 Å². The standard InChI is InChI=1S/C11H19N3O2/c1-4-5-14-8-12-13-9(14)6-11(2,3)7-10(15)16/h8H,4-7H2,1-3H3,(H,15,16). The first-order valence-corrected chi connectivity index (χ1v) is 5.53. The molecule has 0 spiro atoms. The molecule has 1 heterocycles. The SMILES string of the molecule is CCCn1cnnc1CC(C)(C)CC(=O)O. The summed E-state index contributed by atoms with van der Waals surface area (Å²) in [5.41, 5.74) is -0.287. The molecule has 0 aliphatic heterocycles. The molecule has 0 radical (unpaired) electrons. The van der Waals surface area contributed by atoms with E-state index in [-0.39, 0.29) is 11.8 Å². The summed E-state index contributed by atoms with van der Waals surface area (Å²) >= 11 is 0. The predicted molar refractivity (Wildman–Crippen MR) is 60.1 cm³/mol. The highest BCUT2D eigenvalue weighted by Crippen LogP contribution is 2.24. The summed E-state index contributed by atoms with van der Waals surface area (Å²) in [6.45, 7) is 6.84. The summed E-state index contributed by atoms with van der Waals surface area (Å²) in [7, 11) is 0. The number of carboxylic acid groups (broad SMARTS) is 1. The van der Waals surface area contributed by atoms with E-state index >= 15 is 0 Å². The fraction of sp³-hybridized carbons (Fsp3) is 0.727.